The zero-order chi connectivity index (χ0) is 15.7. The minimum Gasteiger partial charge on any atom is -0.454 e. The van der Waals surface area contributed by atoms with Crippen LogP contribution in [0.25, 0.3) is 0 Å². The van der Waals surface area contributed by atoms with E-state index < -0.39 is 0 Å². The Morgan fingerprint density at radius 1 is 1.32 bits per heavy atom. The second-order valence-electron chi connectivity index (χ2n) is 4.26. The third-order valence-corrected chi connectivity index (χ3v) is 3.43. The molecule has 0 atom stereocenters. The molecule has 1 aliphatic heterocycles. The fraction of sp³-hybridized carbons (Fsp3) is 0.154. The molecular formula is C13H10Cl2N4O3. The van der Waals surface area contributed by atoms with E-state index in [4.69, 9.17) is 32.7 Å². The van der Waals surface area contributed by atoms with Crippen LogP contribution < -0.4 is 20.1 Å². The third kappa shape index (κ3) is 2.60. The molecule has 0 fully saturated rings. The molecule has 0 aliphatic carbocycles. The standard InChI is InChI=1S/C13H10Cl2N4O3/c1-16-12(20)6-2-3-8-10(22-5-21-8)9(6)18-11-7(14)4-17-13(15)19-11/h2-4H,5H2,1H3,(H,16,20)(H,17,18,19). The Bertz CT molecular complexity index is 754. The topological polar surface area (TPSA) is 85.4 Å². The van der Waals surface area contributed by atoms with E-state index in [0.717, 1.165) is 0 Å². The second-order valence-corrected chi connectivity index (χ2v) is 5.01. The third-order valence-electron chi connectivity index (χ3n) is 2.97. The van der Waals surface area contributed by atoms with E-state index in [9.17, 15) is 4.79 Å². The van der Waals surface area contributed by atoms with Crippen LogP contribution >= 0.6 is 23.2 Å². The fourth-order valence-electron chi connectivity index (χ4n) is 1.97. The van der Waals surface area contributed by atoms with Gasteiger partial charge in [-0.25, -0.2) is 4.98 Å². The number of ether oxygens (including phenoxy) is 2. The molecule has 0 radical (unpaired) electrons. The highest BCUT2D eigenvalue weighted by molar-refractivity contribution is 6.33. The van der Waals surface area contributed by atoms with Crippen LogP contribution in [-0.4, -0.2) is 29.7 Å². The predicted molar refractivity (Wildman–Crippen MR) is 81.3 cm³/mol. The van der Waals surface area contributed by atoms with Crippen LogP contribution in [0.5, 0.6) is 11.5 Å². The lowest BCUT2D eigenvalue weighted by molar-refractivity contribution is 0.0963. The summed E-state index contributed by atoms with van der Waals surface area (Å²) in [4.78, 5) is 19.8. The van der Waals surface area contributed by atoms with E-state index in [1.807, 2.05) is 0 Å². The summed E-state index contributed by atoms with van der Waals surface area (Å²) in [5, 5.41) is 5.80. The van der Waals surface area contributed by atoms with Crippen molar-refractivity contribution < 1.29 is 14.3 Å². The van der Waals surface area contributed by atoms with Crippen LogP contribution in [0.3, 0.4) is 0 Å². The van der Waals surface area contributed by atoms with Gasteiger partial charge in [0.25, 0.3) is 5.91 Å². The highest BCUT2D eigenvalue weighted by Crippen LogP contribution is 2.43. The summed E-state index contributed by atoms with van der Waals surface area (Å²) in [5.74, 6) is 0.895. The van der Waals surface area contributed by atoms with Gasteiger partial charge < -0.3 is 20.1 Å². The average molecular weight is 341 g/mol. The van der Waals surface area contributed by atoms with Gasteiger partial charge in [-0.05, 0) is 23.7 Å². The SMILES string of the molecule is CNC(=O)c1ccc2c(c1Nc1nc(Cl)ncc1Cl)OCO2. The van der Waals surface area contributed by atoms with Gasteiger partial charge in [-0.2, -0.15) is 4.98 Å². The molecule has 114 valence electrons. The summed E-state index contributed by atoms with van der Waals surface area (Å²) in [6.45, 7) is 0.0689. The molecule has 1 aromatic heterocycles. The maximum absolute atomic E-state index is 12.0. The Balaban J connectivity index is 2.10. The van der Waals surface area contributed by atoms with Gasteiger partial charge in [-0.3, -0.25) is 4.79 Å². The number of hydrogen-bond acceptors (Lipinski definition) is 6. The number of rotatable bonds is 3. The lowest BCUT2D eigenvalue weighted by atomic mass is 10.1. The maximum atomic E-state index is 12.0. The lowest BCUT2D eigenvalue weighted by Gasteiger charge is -2.14. The summed E-state index contributed by atoms with van der Waals surface area (Å²) >= 11 is 11.8. The first kappa shape index (κ1) is 14.7. The first-order valence-corrected chi connectivity index (χ1v) is 6.95. The number of fused-ring (bicyclic) bond motifs is 1. The average Bonchev–Trinajstić information content (AvgIpc) is 2.99. The molecule has 1 aromatic carbocycles. The minimum absolute atomic E-state index is 0.0261. The van der Waals surface area contributed by atoms with Crippen molar-refractivity contribution >= 4 is 40.6 Å². The van der Waals surface area contributed by atoms with Gasteiger partial charge in [0.2, 0.25) is 12.1 Å². The molecule has 22 heavy (non-hydrogen) atoms. The van der Waals surface area contributed by atoms with Gasteiger partial charge in [-0.15, -0.1) is 0 Å². The predicted octanol–water partition coefficient (Wildman–Crippen LogP) is 2.62. The van der Waals surface area contributed by atoms with Crippen LogP contribution in [0.1, 0.15) is 10.4 Å². The summed E-state index contributed by atoms with van der Waals surface area (Å²) in [7, 11) is 1.53. The van der Waals surface area contributed by atoms with Gasteiger partial charge in [0, 0.05) is 7.05 Å². The zero-order valence-electron chi connectivity index (χ0n) is 11.3. The zero-order valence-corrected chi connectivity index (χ0v) is 12.8. The number of carbonyl (C=O) groups is 1. The number of halogens is 2. The Morgan fingerprint density at radius 3 is 2.91 bits per heavy atom. The van der Waals surface area contributed by atoms with Crippen molar-refractivity contribution in [2.75, 3.05) is 19.2 Å². The van der Waals surface area contributed by atoms with Gasteiger partial charge in [-0.1, -0.05) is 11.6 Å². The van der Waals surface area contributed by atoms with Gasteiger partial charge in [0.1, 0.15) is 5.02 Å². The summed E-state index contributed by atoms with van der Waals surface area (Å²) in [6.07, 6.45) is 1.36. The van der Waals surface area contributed by atoms with Crippen LogP contribution in [-0.2, 0) is 0 Å². The van der Waals surface area contributed by atoms with E-state index in [-0.39, 0.29) is 28.8 Å². The molecule has 2 heterocycles. The molecule has 0 saturated heterocycles. The number of nitrogens with one attached hydrogen (secondary N) is 2. The number of nitrogens with zero attached hydrogens (tertiary/aromatic N) is 2. The van der Waals surface area contributed by atoms with Crippen molar-refractivity contribution in [1.29, 1.82) is 0 Å². The quantitative estimate of drug-likeness (QED) is 0.835. The van der Waals surface area contributed by atoms with Gasteiger partial charge in [0.05, 0.1) is 17.4 Å². The number of anilines is 2. The normalized spacial score (nSPS) is 12.1. The smallest absolute Gasteiger partial charge is 0.253 e. The van der Waals surface area contributed by atoms with E-state index >= 15 is 0 Å². The van der Waals surface area contributed by atoms with Gasteiger partial charge in [0.15, 0.2) is 17.3 Å². The molecule has 2 aromatic rings. The molecule has 2 N–H and O–H groups in total. The van der Waals surface area contributed by atoms with E-state index in [1.54, 1.807) is 12.1 Å². The fourth-order valence-corrected chi connectivity index (χ4v) is 2.24. The molecule has 9 heteroatoms. The molecule has 3 rings (SSSR count). The van der Waals surface area contributed by atoms with Crippen molar-refractivity contribution in [3.05, 3.63) is 34.2 Å². The number of carbonyl (C=O) groups excluding carboxylic acids is 1. The number of amides is 1. The first-order valence-electron chi connectivity index (χ1n) is 6.20. The number of aromatic nitrogens is 2. The van der Waals surface area contributed by atoms with E-state index in [0.29, 0.717) is 22.7 Å². The monoisotopic (exact) mass is 340 g/mol. The number of benzene rings is 1. The summed E-state index contributed by atoms with van der Waals surface area (Å²) in [5.41, 5.74) is 0.753. The lowest BCUT2D eigenvalue weighted by Crippen LogP contribution is -2.19. The van der Waals surface area contributed by atoms with Crippen LogP contribution in [0.2, 0.25) is 10.3 Å². The molecule has 0 spiro atoms. The Kier molecular flexibility index (Phi) is 3.91. The first-order chi connectivity index (χ1) is 10.6. The van der Waals surface area contributed by atoms with Crippen molar-refractivity contribution in [1.82, 2.24) is 15.3 Å². The second kappa shape index (κ2) is 5.86. The molecule has 7 nitrogen and oxygen atoms in total. The van der Waals surface area contributed by atoms with E-state index in [1.165, 1.54) is 13.2 Å². The molecule has 0 bridgehead atoms. The minimum atomic E-state index is -0.294. The van der Waals surface area contributed by atoms with Crippen molar-refractivity contribution in [2.45, 2.75) is 0 Å². The molecule has 0 unspecified atom stereocenters. The molecule has 0 saturated carbocycles. The van der Waals surface area contributed by atoms with Crippen molar-refractivity contribution in [3.63, 3.8) is 0 Å². The molecule has 1 amide bonds. The van der Waals surface area contributed by atoms with Crippen LogP contribution in [0.15, 0.2) is 18.3 Å². The largest absolute Gasteiger partial charge is 0.454 e. The highest BCUT2D eigenvalue weighted by Gasteiger charge is 2.24. The summed E-state index contributed by atoms with van der Waals surface area (Å²) < 4.78 is 10.7. The maximum Gasteiger partial charge on any atom is 0.253 e. The summed E-state index contributed by atoms with van der Waals surface area (Å²) in [6, 6.07) is 3.28. The van der Waals surface area contributed by atoms with Crippen LogP contribution in [0.4, 0.5) is 11.5 Å². The van der Waals surface area contributed by atoms with Crippen molar-refractivity contribution in [3.8, 4) is 11.5 Å². The molecule has 1 aliphatic rings. The Morgan fingerprint density at radius 2 is 2.14 bits per heavy atom. The van der Waals surface area contributed by atoms with Crippen molar-refractivity contribution in [2.24, 2.45) is 0 Å². The number of hydrogen-bond donors (Lipinski definition) is 2. The Labute approximate surface area is 135 Å². The Hall–Kier alpha value is -2.25. The van der Waals surface area contributed by atoms with E-state index in [2.05, 4.69) is 20.6 Å². The van der Waals surface area contributed by atoms with Crippen LogP contribution in [0, 0.1) is 0 Å². The van der Waals surface area contributed by atoms with Gasteiger partial charge >= 0.3 is 0 Å². The highest BCUT2D eigenvalue weighted by atomic mass is 35.5. The molecular weight excluding hydrogens is 331 g/mol.